The quantitative estimate of drug-likeness (QED) is 0.600. The Morgan fingerprint density at radius 2 is 2.47 bits per heavy atom. The van der Waals surface area contributed by atoms with E-state index in [-0.39, 0.29) is 5.54 Å². The normalized spacial score (nSPS) is 31.8. The third kappa shape index (κ3) is 1.67. The fraction of sp³-hybridized carbons (Fsp3) is 0.667. The summed E-state index contributed by atoms with van der Waals surface area (Å²) in [5.74, 6) is 0. The van der Waals surface area contributed by atoms with Crippen LogP contribution in [0.4, 0.5) is 0 Å². The first-order chi connectivity index (χ1) is 7.27. The molecule has 6 heteroatoms. The predicted molar refractivity (Wildman–Crippen MR) is 60.0 cm³/mol. The lowest BCUT2D eigenvalue weighted by Gasteiger charge is -2.28. The molecule has 1 aromatic heterocycles. The van der Waals surface area contributed by atoms with Gasteiger partial charge in [0.2, 0.25) is 0 Å². The highest BCUT2D eigenvalue weighted by molar-refractivity contribution is 7.95. The van der Waals surface area contributed by atoms with Crippen molar-refractivity contribution < 1.29 is 0 Å². The van der Waals surface area contributed by atoms with Crippen LogP contribution in [-0.4, -0.2) is 40.4 Å². The molecule has 1 aromatic rings. The van der Waals surface area contributed by atoms with Gasteiger partial charge in [0.15, 0.2) is 0 Å². The maximum absolute atomic E-state index is 4.38. The van der Waals surface area contributed by atoms with Gasteiger partial charge < -0.3 is 0 Å². The lowest BCUT2D eigenvalue weighted by atomic mass is 10.0. The van der Waals surface area contributed by atoms with Crippen molar-refractivity contribution in [3.05, 3.63) is 18.0 Å². The van der Waals surface area contributed by atoms with E-state index in [4.69, 9.17) is 0 Å². The lowest BCUT2D eigenvalue weighted by molar-refractivity contribution is 0.237. The molecule has 3 heterocycles. The van der Waals surface area contributed by atoms with E-state index in [1.54, 1.807) is 12.1 Å². The number of rotatable bonds is 0. The van der Waals surface area contributed by atoms with Gasteiger partial charge in [-0.2, -0.15) is 5.10 Å². The van der Waals surface area contributed by atoms with E-state index in [0.717, 1.165) is 26.2 Å². The van der Waals surface area contributed by atoms with E-state index in [1.165, 1.54) is 5.69 Å². The van der Waals surface area contributed by atoms with Gasteiger partial charge in [0, 0.05) is 38.0 Å². The zero-order chi connectivity index (χ0) is 10.3. The molecule has 15 heavy (non-hydrogen) atoms. The zero-order valence-electron chi connectivity index (χ0n) is 8.73. The largest absolute Gasteiger partial charge is 0.299 e. The first-order valence-electron chi connectivity index (χ1n) is 5.13. The summed E-state index contributed by atoms with van der Waals surface area (Å²) < 4.78 is 8.88. The Balaban J connectivity index is 1.94. The molecule has 5 nitrogen and oxygen atoms in total. The van der Waals surface area contributed by atoms with Gasteiger partial charge in [-0.25, -0.2) is 9.44 Å². The van der Waals surface area contributed by atoms with Crippen molar-refractivity contribution in [1.29, 1.82) is 0 Å². The molecule has 0 radical (unpaired) electrons. The number of aromatic nitrogens is 2. The molecule has 0 aromatic carbocycles. The number of hydrogen-bond acceptors (Lipinski definition) is 5. The summed E-state index contributed by atoms with van der Waals surface area (Å²) in [6, 6.07) is 2.10. The van der Waals surface area contributed by atoms with Gasteiger partial charge in [-0.05, 0) is 13.1 Å². The molecule has 1 atom stereocenters. The Morgan fingerprint density at radius 3 is 3.27 bits per heavy atom. The second-order valence-electron chi connectivity index (χ2n) is 4.46. The van der Waals surface area contributed by atoms with Crippen molar-refractivity contribution in [1.82, 2.24) is 24.1 Å². The topological polar surface area (TPSA) is 45.1 Å². The summed E-state index contributed by atoms with van der Waals surface area (Å²) in [4.78, 5) is 2.35. The Hall–Kier alpha value is -0.560. The molecule has 0 saturated carbocycles. The van der Waals surface area contributed by atoms with Crippen LogP contribution >= 0.6 is 12.1 Å². The highest BCUT2D eigenvalue weighted by atomic mass is 32.2. The van der Waals surface area contributed by atoms with E-state index in [0.29, 0.717) is 0 Å². The molecule has 82 valence electrons. The standard InChI is InChI=1S/C9H15N5S/c1-13-4-8-2-3-10-14(8)7-9(6-13)5-11-15-12-9/h2-3,11-12H,4-7H2,1H3. The molecule has 0 aliphatic carbocycles. The molecule has 1 spiro atoms. The van der Waals surface area contributed by atoms with Crippen LogP contribution < -0.4 is 9.44 Å². The summed E-state index contributed by atoms with van der Waals surface area (Å²) in [5, 5.41) is 4.38. The summed E-state index contributed by atoms with van der Waals surface area (Å²) in [5.41, 5.74) is 1.42. The molecule has 1 saturated heterocycles. The Morgan fingerprint density at radius 1 is 1.53 bits per heavy atom. The van der Waals surface area contributed by atoms with Gasteiger partial charge in [-0.1, -0.05) is 0 Å². The number of nitrogens with zero attached hydrogens (tertiary/aromatic N) is 3. The maximum Gasteiger partial charge on any atom is 0.0750 e. The second kappa shape index (κ2) is 3.48. The molecule has 1 fully saturated rings. The first-order valence-corrected chi connectivity index (χ1v) is 5.94. The van der Waals surface area contributed by atoms with Crippen LogP contribution in [0, 0.1) is 0 Å². The minimum atomic E-state index is 0.122. The van der Waals surface area contributed by atoms with Gasteiger partial charge in [-0.15, -0.1) is 0 Å². The van der Waals surface area contributed by atoms with Crippen molar-refractivity contribution in [2.75, 3.05) is 20.1 Å². The lowest BCUT2D eigenvalue weighted by Crippen LogP contribution is -2.51. The average molecular weight is 225 g/mol. The number of hydrogen-bond donors (Lipinski definition) is 2. The predicted octanol–water partition coefficient (Wildman–Crippen LogP) is -0.177. The minimum Gasteiger partial charge on any atom is -0.299 e. The fourth-order valence-electron chi connectivity index (χ4n) is 2.35. The van der Waals surface area contributed by atoms with E-state index < -0.39 is 0 Å². The van der Waals surface area contributed by atoms with Crippen molar-refractivity contribution in [2.24, 2.45) is 0 Å². The van der Waals surface area contributed by atoms with Crippen LogP contribution in [0.1, 0.15) is 5.69 Å². The third-order valence-corrected chi connectivity index (χ3v) is 3.84. The maximum atomic E-state index is 4.38. The molecule has 2 N–H and O–H groups in total. The number of likely N-dealkylation sites (N-methyl/N-ethyl adjacent to an activating group) is 1. The van der Waals surface area contributed by atoms with Crippen molar-refractivity contribution in [3.63, 3.8) is 0 Å². The Labute approximate surface area is 93.5 Å². The van der Waals surface area contributed by atoms with Gasteiger partial charge >= 0.3 is 0 Å². The zero-order valence-corrected chi connectivity index (χ0v) is 9.55. The van der Waals surface area contributed by atoms with Crippen molar-refractivity contribution >= 4 is 12.1 Å². The van der Waals surface area contributed by atoms with Crippen LogP contribution in [0.3, 0.4) is 0 Å². The molecule has 0 bridgehead atoms. The Bertz CT molecular complexity index is 357. The summed E-state index contributed by atoms with van der Waals surface area (Å²) in [6.45, 7) is 3.96. The van der Waals surface area contributed by atoms with E-state index >= 15 is 0 Å². The first kappa shape index (κ1) is 9.65. The summed E-state index contributed by atoms with van der Waals surface area (Å²) in [6.07, 6.45) is 1.89. The molecule has 0 amide bonds. The van der Waals surface area contributed by atoms with Crippen LogP contribution in [0.5, 0.6) is 0 Å². The van der Waals surface area contributed by atoms with Crippen LogP contribution in [-0.2, 0) is 13.1 Å². The molecule has 2 aliphatic heterocycles. The van der Waals surface area contributed by atoms with Gasteiger partial charge in [0.25, 0.3) is 0 Å². The van der Waals surface area contributed by atoms with Crippen LogP contribution in [0.15, 0.2) is 12.3 Å². The van der Waals surface area contributed by atoms with Gasteiger partial charge in [0.1, 0.15) is 0 Å². The highest BCUT2D eigenvalue weighted by Crippen LogP contribution is 2.23. The van der Waals surface area contributed by atoms with Crippen LogP contribution in [0.25, 0.3) is 0 Å². The SMILES string of the molecule is CN1Cc2ccnn2CC2(CNSN2)C1. The molecule has 3 rings (SSSR count). The Kier molecular flexibility index (Phi) is 2.24. The summed E-state index contributed by atoms with van der Waals surface area (Å²) >= 11 is 1.60. The highest BCUT2D eigenvalue weighted by Gasteiger charge is 2.38. The van der Waals surface area contributed by atoms with Crippen LogP contribution in [0.2, 0.25) is 0 Å². The monoisotopic (exact) mass is 225 g/mol. The molecular formula is C9H15N5S. The van der Waals surface area contributed by atoms with Gasteiger partial charge in [0.05, 0.1) is 17.8 Å². The fourth-order valence-corrected chi connectivity index (χ4v) is 3.19. The average Bonchev–Trinajstić information content (AvgIpc) is 2.75. The number of fused-ring (bicyclic) bond motifs is 1. The minimum absolute atomic E-state index is 0.122. The molecule has 2 aliphatic rings. The van der Waals surface area contributed by atoms with Crippen molar-refractivity contribution in [3.8, 4) is 0 Å². The van der Waals surface area contributed by atoms with Gasteiger partial charge in [-0.3, -0.25) is 9.58 Å². The van der Waals surface area contributed by atoms with E-state index in [2.05, 4.69) is 37.2 Å². The van der Waals surface area contributed by atoms with Crippen molar-refractivity contribution in [2.45, 2.75) is 18.6 Å². The van der Waals surface area contributed by atoms with E-state index in [1.807, 2.05) is 6.20 Å². The smallest absolute Gasteiger partial charge is 0.0750 e. The second-order valence-corrected chi connectivity index (χ2v) is 5.15. The molecule has 1 unspecified atom stereocenters. The molecular weight excluding hydrogens is 210 g/mol. The van der Waals surface area contributed by atoms with E-state index in [9.17, 15) is 0 Å². The number of nitrogens with one attached hydrogen (secondary N) is 2. The third-order valence-electron chi connectivity index (χ3n) is 3.01. The summed E-state index contributed by atoms with van der Waals surface area (Å²) in [7, 11) is 2.16.